The van der Waals surface area contributed by atoms with E-state index in [1.54, 1.807) is 103 Å². The first-order chi connectivity index (χ1) is 20.9. The molecule has 2 N–H and O–H groups in total. The van der Waals surface area contributed by atoms with Crippen LogP contribution in [0.2, 0.25) is 0 Å². The first-order valence-electron chi connectivity index (χ1n) is 13.2. The van der Waals surface area contributed by atoms with E-state index in [0.29, 0.717) is 39.4 Å². The molecule has 0 atom stereocenters. The van der Waals surface area contributed by atoms with Crippen molar-refractivity contribution in [2.45, 2.75) is 4.90 Å². The quantitative estimate of drug-likeness (QED) is 0.143. The molecule has 0 radical (unpaired) electrons. The maximum Gasteiger partial charge on any atom is 0.272 e. The summed E-state index contributed by atoms with van der Waals surface area (Å²) in [6, 6.07) is 27.4. The Morgan fingerprint density at radius 1 is 0.791 bits per heavy atom. The van der Waals surface area contributed by atoms with Crippen LogP contribution in [0.5, 0.6) is 11.5 Å². The van der Waals surface area contributed by atoms with Gasteiger partial charge in [0.1, 0.15) is 5.70 Å². The molecule has 0 aromatic heterocycles. The molecule has 0 bridgehead atoms. The number of imide groups is 1. The number of fused-ring (bicyclic) bond motifs is 1. The molecule has 1 aliphatic heterocycles. The van der Waals surface area contributed by atoms with E-state index in [9.17, 15) is 19.2 Å². The summed E-state index contributed by atoms with van der Waals surface area (Å²) in [6.45, 7) is 0. The smallest absolute Gasteiger partial charge is 0.272 e. The molecule has 4 aromatic carbocycles. The Kier molecular flexibility index (Phi) is 8.88. The van der Waals surface area contributed by atoms with Crippen LogP contribution in [0, 0.1) is 0 Å². The van der Waals surface area contributed by atoms with Crippen LogP contribution in [0.3, 0.4) is 0 Å². The highest BCUT2D eigenvalue weighted by Gasteiger charge is 2.34. The van der Waals surface area contributed by atoms with Gasteiger partial charge in [-0.05, 0) is 72.3 Å². The predicted molar refractivity (Wildman–Crippen MR) is 164 cm³/mol. The Morgan fingerprint density at radius 3 is 2.05 bits per heavy atom. The fourth-order valence-electron chi connectivity index (χ4n) is 4.38. The number of carbonyl (C=O) groups is 4. The van der Waals surface area contributed by atoms with Crippen LogP contribution in [0.4, 0.5) is 5.69 Å². The molecular weight excluding hydrogens is 566 g/mol. The summed E-state index contributed by atoms with van der Waals surface area (Å²) in [6.07, 6.45) is 1.55. The van der Waals surface area contributed by atoms with E-state index in [0.717, 1.165) is 4.90 Å². The molecule has 43 heavy (non-hydrogen) atoms. The molecule has 0 saturated heterocycles. The van der Waals surface area contributed by atoms with E-state index in [2.05, 4.69) is 10.6 Å². The van der Waals surface area contributed by atoms with Gasteiger partial charge >= 0.3 is 0 Å². The van der Waals surface area contributed by atoms with Gasteiger partial charge in [0.05, 0.1) is 31.2 Å². The van der Waals surface area contributed by atoms with Crippen molar-refractivity contribution < 1.29 is 28.7 Å². The highest BCUT2D eigenvalue weighted by atomic mass is 32.2. The van der Waals surface area contributed by atoms with Crippen LogP contribution < -0.4 is 20.1 Å². The normalized spacial score (nSPS) is 12.5. The van der Waals surface area contributed by atoms with Gasteiger partial charge in [-0.15, -0.1) is 11.8 Å². The monoisotopic (exact) mass is 593 g/mol. The van der Waals surface area contributed by atoms with Gasteiger partial charge in [-0.25, -0.2) is 0 Å². The van der Waals surface area contributed by atoms with Gasteiger partial charge in [-0.2, -0.15) is 0 Å². The molecule has 0 fully saturated rings. The summed E-state index contributed by atoms with van der Waals surface area (Å²) in [5, 5.41) is 5.53. The molecule has 0 aliphatic carbocycles. The Labute approximate surface area is 252 Å². The third-order valence-corrected chi connectivity index (χ3v) is 7.59. The minimum absolute atomic E-state index is 0.0187. The summed E-state index contributed by atoms with van der Waals surface area (Å²) in [5.74, 6) is -0.457. The SMILES string of the molecule is COc1ccc(/C=C(\NC(=O)c2ccccc2)C(=O)Nc2ccc(SCN3C(=O)c4ccccc4C3=O)cc2)cc1OC. The summed E-state index contributed by atoms with van der Waals surface area (Å²) in [7, 11) is 3.04. The zero-order valence-electron chi connectivity index (χ0n) is 23.3. The number of anilines is 1. The number of nitrogens with one attached hydrogen (secondary N) is 2. The van der Waals surface area contributed by atoms with Crippen LogP contribution in [-0.4, -0.2) is 48.6 Å². The maximum atomic E-state index is 13.4. The standard InChI is InChI=1S/C33H27N3O6S/c1-41-28-17-12-21(19-29(28)42-2)18-27(35-30(37)22-8-4-3-5-9-22)31(38)34-23-13-15-24(16-14-23)43-20-36-32(39)25-10-6-7-11-26(25)33(36)40/h3-19H,20H2,1-2H3,(H,34,38)(H,35,37)/b27-18-. The molecule has 216 valence electrons. The van der Waals surface area contributed by atoms with Crippen LogP contribution in [-0.2, 0) is 4.79 Å². The number of nitrogens with zero attached hydrogens (tertiary/aromatic N) is 1. The van der Waals surface area contributed by atoms with E-state index in [-0.39, 0.29) is 23.4 Å². The number of hydrogen-bond acceptors (Lipinski definition) is 7. The second-order valence-corrected chi connectivity index (χ2v) is 10.3. The molecule has 9 nitrogen and oxygen atoms in total. The Hall–Kier alpha value is -5.35. The molecule has 1 heterocycles. The van der Waals surface area contributed by atoms with Crippen molar-refractivity contribution in [1.82, 2.24) is 10.2 Å². The summed E-state index contributed by atoms with van der Waals surface area (Å²) < 4.78 is 10.7. The van der Waals surface area contributed by atoms with E-state index in [4.69, 9.17) is 9.47 Å². The summed E-state index contributed by atoms with van der Waals surface area (Å²) in [4.78, 5) is 53.6. The Bertz CT molecular complexity index is 1690. The minimum atomic E-state index is -0.537. The number of benzene rings is 4. The third kappa shape index (κ3) is 6.60. The minimum Gasteiger partial charge on any atom is -0.493 e. The summed E-state index contributed by atoms with van der Waals surface area (Å²) in [5.41, 5.74) is 2.32. The molecule has 0 spiro atoms. The fraction of sp³-hybridized carbons (Fsp3) is 0.0909. The van der Waals surface area contributed by atoms with Crippen molar-refractivity contribution in [2.75, 3.05) is 25.4 Å². The number of amides is 4. The lowest BCUT2D eigenvalue weighted by Gasteiger charge is -2.14. The number of carbonyl (C=O) groups excluding carboxylic acids is 4. The molecule has 4 aromatic rings. The predicted octanol–water partition coefficient (Wildman–Crippen LogP) is 5.46. The zero-order valence-corrected chi connectivity index (χ0v) is 24.1. The topological polar surface area (TPSA) is 114 Å². The number of ether oxygens (including phenoxy) is 2. The van der Waals surface area contributed by atoms with Crippen LogP contribution >= 0.6 is 11.8 Å². The molecule has 0 unspecified atom stereocenters. The van der Waals surface area contributed by atoms with Gasteiger partial charge in [-0.3, -0.25) is 24.1 Å². The van der Waals surface area contributed by atoms with E-state index in [1.807, 2.05) is 0 Å². The highest BCUT2D eigenvalue weighted by Crippen LogP contribution is 2.29. The van der Waals surface area contributed by atoms with Crippen molar-refractivity contribution in [3.63, 3.8) is 0 Å². The van der Waals surface area contributed by atoms with Crippen molar-refractivity contribution in [3.8, 4) is 11.5 Å². The van der Waals surface area contributed by atoms with Crippen LogP contribution in [0.25, 0.3) is 6.08 Å². The molecule has 1 aliphatic rings. The van der Waals surface area contributed by atoms with Gasteiger partial charge in [0.15, 0.2) is 11.5 Å². The number of thioether (sulfide) groups is 1. The largest absolute Gasteiger partial charge is 0.493 e. The van der Waals surface area contributed by atoms with Crippen molar-refractivity contribution in [3.05, 3.63) is 125 Å². The average molecular weight is 594 g/mol. The Balaban J connectivity index is 1.29. The van der Waals surface area contributed by atoms with E-state index in [1.165, 1.54) is 30.9 Å². The van der Waals surface area contributed by atoms with Crippen LogP contribution in [0.1, 0.15) is 36.6 Å². The van der Waals surface area contributed by atoms with Crippen molar-refractivity contribution in [1.29, 1.82) is 0 Å². The lowest BCUT2D eigenvalue weighted by atomic mass is 10.1. The number of hydrogen-bond donors (Lipinski definition) is 2. The van der Waals surface area contributed by atoms with E-state index >= 15 is 0 Å². The van der Waals surface area contributed by atoms with Gasteiger partial charge in [0, 0.05) is 16.1 Å². The highest BCUT2D eigenvalue weighted by molar-refractivity contribution is 7.99. The Morgan fingerprint density at radius 2 is 1.42 bits per heavy atom. The lowest BCUT2D eigenvalue weighted by Crippen LogP contribution is -2.30. The number of rotatable bonds is 10. The first-order valence-corrected chi connectivity index (χ1v) is 14.2. The lowest BCUT2D eigenvalue weighted by molar-refractivity contribution is -0.113. The maximum absolute atomic E-state index is 13.4. The third-order valence-electron chi connectivity index (χ3n) is 6.60. The first kappa shape index (κ1) is 29.2. The molecule has 4 amide bonds. The zero-order chi connectivity index (χ0) is 30.3. The van der Waals surface area contributed by atoms with Gasteiger partial charge in [0.2, 0.25) is 0 Å². The van der Waals surface area contributed by atoms with Gasteiger partial charge in [0.25, 0.3) is 23.6 Å². The molecular formula is C33H27N3O6S. The second kappa shape index (κ2) is 13.1. The summed E-state index contributed by atoms with van der Waals surface area (Å²) >= 11 is 1.33. The van der Waals surface area contributed by atoms with Crippen molar-refractivity contribution >= 4 is 47.2 Å². The van der Waals surface area contributed by atoms with Gasteiger partial charge in [-0.1, -0.05) is 36.4 Å². The average Bonchev–Trinajstić information content (AvgIpc) is 3.29. The second-order valence-electron chi connectivity index (χ2n) is 9.33. The molecule has 5 rings (SSSR count). The fourth-order valence-corrected chi connectivity index (χ4v) is 5.22. The van der Waals surface area contributed by atoms with Crippen LogP contribution in [0.15, 0.2) is 108 Å². The number of methoxy groups -OCH3 is 2. The van der Waals surface area contributed by atoms with Gasteiger partial charge < -0.3 is 20.1 Å². The molecule has 0 saturated carbocycles. The van der Waals surface area contributed by atoms with E-state index < -0.39 is 11.8 Å². The van der Waals surface area contributed by atoms with Crippen molar-refractivity contribution in [2.24, 2.45) is 0 Å². The molecule has 10 heteroatoms.